The van der Waals surface area contributed by atoms with Crippen LogP contribution in [0.5, 0.6) is 0 Å². The number of nitrogens with zero attached hydrogens (tertiary/aromatic N) is 2. The minimum absolute atomic E-state index is 0.0374. The molecule has 1 aromatic carbocycles. The molecule has 1 saturated heterocycles. The summed E-state index contributed by atoms with van der Waals surface area (Å²) in [6.07, 6.45) is 2.23. The van der Waals surface area contributed by atoms with E-state index in [1.165, 1.54) is 18.2 Å². The monoisotopic (exact) mass is 292 g/mol. The second-order valence-corrected chi connectivity index (χ2v) is 5.23. The summed E-state index contributed by atoms with van der Waals surface area (Å²) in [5.74, 6) is -0.207. The molecule has 1 aromatic rings. The molecule has 2 rings (SSSR count). The maximum atomic E-state index is 12.1. The molecule has 21 heavy (non-hydrogen) atoms. The van der Waals surface area contributed by atoms with Crippen LogP contribution in [0.2, 0.25) is 0 Å². The standard InChI is InChI=1S/C14H20N4O3/c1-15-12-8-10(5-6-13(12)18(20)21)14(19)16-9-11-4-3-7-17(11)2/h5-6,8,11,15H,3-4,7,9H2,1-2H3,(H,16,19). The fraction of sp³-hybridized carbons (Fsp3) is 0.500. The van der Waals surface area contributed by atoms with Crippen LogP contribution in [0.3, 0.4) is 0 Å². The second-order valence-electron chi connectivity index (χ2n) is 5.23. The van der Waals surface area contributed by atoms with Crippen molar-refractivity contribution in [2.24, 2.45) is 0 Å². The highest BCUT2D eigenvalue weighted by atomic mass is 16.6. The zero-order valence-corrected chi connectivity index (χ0v) is 12.3. The minimum Gasteiger partial charge on any atom is -0.383 e. The molecule has 0 aromatic heterocycles. The van der Waals surface area contributed by atoms with E-state index < -0.39 is 4.92 Å². The van der Waals surface area contributed by atoms with Crippen molar-refractivity contribution in [3.63, 3.8) is 0 Å². The van der Waals surface area contributed by atoms with Crippen LogP contribution in [-0.4, -0.2) is 49.0 Å². The Labute approximate surface area is 123 Å². The topological polar surface area (TPSA) is 87.5 Å². The highest BCUT2D eigenvalue weighted by Crippen LogP contribution is 2.24. The van der Waals surface area contributed by atoms with Gasteiger partial charge in [0.15, 0.2) is 0 Å². The van der Waals surface area contributed by atoms with Crippen molar-refractivity contribution in [1.82, 2.24) is 10.2 Å². The maximum absolute atomic E-state index is 12.1. The average molecular weight is 292 g/mol. The number of nitro benzene ring substituents is 1. The van der Waals surface area contributed by atoms with Crippen LogP contribution < -0.4 is 10.6 Å². The molecule has 1 aliphatic rings. The highest BCUT2D eigenvalue weighted by Gasteiger charge is 2.22. The van der Waals surface area contributed by atoms with Gasteiger partial charge in [0.05, 0.1) is 4.92 Å². The minimum atomic E-state index is -0.471. The lowest BCUT2D eigenvalue weighted by Crippen LogP contribution is -2.38. The van der Waals surface area contributed by atoms with E-state index >= 15 is 0 Å². The van der Waals surface area contributed by atoms with Crippen LogP contribution in [0, 0.1) is 10.1 Å². The lowest BCUT2D eigenvalue weighted by Gasteiger charge is -2.19. The summed E-state index contributed by atoms with van der Waals surface area (Å²) in [5, 5.41) is 16.5. The van der Waals surface area contributed by atoms with Gasteiger partial charge in [0, 0.05) is 31.3 Å². The van der Waals surface area contributed by atoms with Crippen molar-refractivity contribution >= 4 is 17.3 Å². The summed E-state index contributed by atoms with van der Waals surface area (Å²) in [7, 11) is 3.65. The molecule has 1 unspecified atom stereocenters. The SMILES string of the molecule is CNc1cc(C(=O)NCC2CCCN2C)ccc1[N+](=O)[O-]. The van der Waals surface area contributed by atoms with E-state index in [2.05, 4.69) is 22.6 Å². The van der Waals surface area contributed by atoms with Gasteiger partial charge in [-0.1, -0.05) is 0 Å². The number of likely N-dealkylation sites (N-methyl/N-ethyl adjacent to an activating group) is 1. The zero-order valence-electron chi connectivity index (χ0n) is 12.3. The second kappa shape index (κ2) is 6.53. The first-order valence-corrected chi connectivity index (χ1v) is 6.97. The van der Waals surface area contributed by atoms with Gasteiger partial charge in [-0.2, -0.15) is 0 Å². The Kier molecular flexibility index (Phi) is 4.74. The molecule has 1 fully saturated rings. The number of anilines is 1. The summed E-state index contributed by atoms with van der Waals surface area (Å²) in [6, 6.07) is 4.71. The Balaban J connectivity index is 2.03. The summed E-state index contributed by atoms with van der Waals surface area (Å²) >= 11 is 0. The van der Waals surface area contributed by atoms with E-state index in [0.29, 0.717) is 23.8 Å². The molecule has 7 heteroatoms. The Hall–Kier alpha value is -2.15. The smallest absolute Gasteiger partial charge is 0.292 e. The number of likely N-dealkylation sites (tertiary alicyclic amines) is 1. The van der Waals surface area contributed by atoms with E-state index in [9.17, 15) is 14.9 Å². The van der Waals surface area contributed by atoms with E-state index in [0.717, 1.165) is 19.4 Å². The van der Waals surface area contributed by atoms with Gasteiger partial charge in [-0.25, -0.2) is 0 Å². The van der Waals surface area contributed by atoms with Crippen molar-refractivity contribution in [1.29, 1.82) is 0 Å². The molecule has 2 N–H and O–H groups in total. The van der Waals surface area contributed by atoms with Gasteiger partial charge in [0.25, 0.3) is 11.6 Å². The van der Waals surface area contributed by atoms with Crippen molar-refractivity contribution in [3.05, 3.63) is 33.9 Å². The molecule has 1 aliphatic heterocycles. The Morgan fingerprint density at radius 1 is 1.52 bits per heavy atom. The molecule has 0 spiro atoms. The Morgan fingerprint density at radius 2 is 2.29 bits per heavy atom. The van der Waals surface area contributed by atoms with Crippen LogP contribution >= 0.6 is 0 Å². The first-order valence-electron chi connectivity index (χ1n) is 6.97. The highest BCUT2D eigenvalue weighted by molar-refractivity contribution is 5.95. The summed E-state index contributed by atoms with van der Waals surface area (Å²) in [4.78, 5) is 24.7. The van der Waals surface area contributed by atoms with Crippen molar-refractivity contribution < 1.29 is 9.72 Å². The molecule has 1 atom stereocenters. The van der Waals surface area contributed by atoms with Gasteiger partial charge in [0.1, 0.15) is 5.69 Å². The molecule has 1 heterocycles. The Morgan fingerprint density at radius 3 is 2.86 bits per heavy atom. The number of nitro groups is 1. The van der Waals surface area contributed by atoms with E-state index in [1.54, 1.807) is 7.05 Å². The van der Waals surface area contributed by atoms with Crippen LogP contribution in [0.15, 0.2) is 18.2 Å². The van der Waals surface area contributed by atoms with Crippen molar-refractivity contribution in [2.45, 2.75) is 18.9 Å². The summed E-state index contributed by atoms with van der Waals surface area (Å²) in [5.41, 5.74) is 0.723. The fourth-order valence-electron chi connectivity index (χ4n) is 2.59. The average Bonchev–Trinajstić information content (AvgIpc) is 2.89. The number of amides is 1. The number of benzene rings is 1. The third-order valence-corrected chi connectivity index (χ3v) is 3.89. The third-order valence-electron chi connectivity index (χ3n) is 3.89. The largest absolute Gasteiger partial charge is 0.383 e. The van der Waals surface area contributed by atoms with Crippen LogP contribution in [-0.2, 0) is 0 Å². The van der Waals surface area contributed by atoms with Gasteiger partial charge < -0.3 is 15.5 Å². The summed E-state index contributed by atoms with van der Waals surface area (Å²) < 4.78 is 0. The molecule has 0 bridgehead atoms. The lowest BCUT2D eigenvalue weighted by molar-refractivity contribution is -0.383. The van der Waals surface area contributed by atoms with Crippen LogP contribution in [0.4, 0.5) is 11.4 Å². The van der Waals surface area contributed by atoms with Gasteiger partial charge >= 0.3 is 0 Å². The molecule has 0 aliphatic carbocycles. The summed E-state index contributed by atoms with van der Waals surface area (Å²) in [6.45, 7) is 1.66. The van der Waals surface area contributed by atoms with Gasteiger partial charge in [0.2, 0.25) is 0 Å². The van der Waals surface area contributed by atoms with E-state index in [-0.39, 0.29) is 11.6 Å². The lowest BCUT2D eigenvalue weighted by atomic mass is 10.1. The molecule has 1 amide bonds. The van der Waals surface area contributed by atoms with Gasteiger partial charge in [-0.15, -0.1) is 0 Å². The molecule has 0 radical (unpaired) electrons. The first-order chi connectivity index (χ1) is 10.0. The van der Waals surface area contributed by atoms with Gasteiger partial charge in [-0.05, 0) is 38.6 Å². The molecule has 114 valence electrons. The molecular formula is C14H20N4O3. The van der Waals surface area contributed by atoms with E-state index in [4.69, 9.17) is 0 Å². The maximum Gasteiger partial charge on any atom is 0.292 e. The van der Waals surface area contributed by atoms with Gasteiger partial charge in [-0.3, -0.25) is 14.9 Å². The predicted molar refractivity (Wildman–Crippen MR) is 80.6 cm³/mol. The number of carbonyl (C=O) groups is 1. The number of rotatable bonds is 5. The Bertz CT molecular complexity index is 547. The van der Waals surface area contributed by atoms with Crippen LogP contribution in [0.25, 0.3) is 0 Å². The quantitative estimate of drug-likeness (QED) is 0.633. The van der Waals surface area contributed by atoms with Crippen LogP contribution in [0.1, 0.15) is 23.2 Å². The fourth-order valence-corrected chi connectivity index (χ4v) is 2.59. The van der Waals surface area contributed by atoms with Crippen molar-refractivity contribution in [2.75, 3.05) is 32.5 Å². The van der Waals surface area contributed by atoms with E-state index in [1.807, 2.05) is 0 Å². The van der Waals surface area contributed by atoms with Crippen molar-refractivity contribution in [3.8, 4) is 0 Å². The molecule has 7 nitrogen and oxygen atoms in total. The first kappa shape index (κ1) is 15.2. The zero-order chi connectivity index (χ0) is 15.4. The number of hydrogen-bond donors (Lipinski definition) is 2. The molecular weight excluding hydrogens is 272 g/mol. The number of nitrogens with one attached hydrogen (secondary N) is 2. The third kappa shape index (κ3) is 3.49. The molecule has 0 saturated carbocycles. The predicted octanol–water partition coefficient (Wildman–Crippen LogP) is 1.46. The number of carbonyl (C=O) groups excluding carboxylic acids is 1. The number of hydrogen-bond acceptors (Lipinski definition) is 5. The normalized spacial score (nSPS) is 18.5.